The van der Waals surface area contributed by atoms with E-state index in [0.29, 0.717) is 6.42 Å². The molecule has 30 heavy (non-hydrogen) atoms. The van der Waals surface area contributed by atoms with Crippen molar-refractivity contribution in [3.05, 3.63) is 59.2 Å². The van der Waals surface area contributed by atoms with Crippen LogP contribution in [0.3, 0.4) is 0 Å². The van der Waals surface area contributed by atoms with Gasteiger partial charge in [0.2, 0.25) is 5.91 Å². The highest BCUT2D eigenvalue weighted by atomic mass is 16.1. The van der Waals surface area contributed by atoms with E-state index in [0.717, 1.165) is 50.4 Å². The normalized spacial score (nSPS) is 15.3. The Bertz CT molecular complexity index is 844. The molecule has 4 nitrogen and oxygen atoms in total. The number of likely N-dealkylation sites (N-methyl/N-ethyl adjacent to an activating group) is 1. The van der Waals surface area contributed by atoms with Crippen molar-refractivity contribution >= 4 is 17.3 Å². The number of nitrogens with one attached hydrogen (secondary N) is 1. The average molecular weight is 408 g/mol. The van der Waals surface area contributed by atoms with E-state index < -0.39 is 0 Å². The number of carbonyl (C=O) groups is 1. The first-order valence-electron chi connectivity index (χ1n) is 11.2. The lowest BCUT2D eigenvalue weighted by atomic mass is 9.86. The van der Waals surface area contributed by atoms with E-state index in [2.05, 4.69) is 86.1 Å². The van der Waals surface area contributed by atoms with Gasteiger partial charge in [0.15, 0.2) is 0 Å². The van der Waals surface area contributed by atoms with Crippen LogP contribution in [0.2, 0.25) is 0 Å². The average Bonchev–Trinajstić information content (AvgIpc) is 2.73. The monoisotopic (exact) mass is 407 g/mol. The summed E-state index contributed by atoms with van der Waals surface area (Å²) in [5.74, 6) is 0.0716. The van der Waals surface area contributed by atoms with Crippen molar-refractivity contribution in [3.8, 4) is 0 Å². The lowest BCUT2D eigenvalue weighted by molar-refractivity contribution is -0.116. The number of anilines is 2. The van der Waals surface area contributed by atoms with Crippen LogP contribution in [0.15, 0.2) is 42.5 Å². The van der Waals surface area contributed by atoms with Gasteiger partial charge >= 0.3 is 0 Å². The van der Waals surface area contributed by atoms with E-state index in [1.54, 1.807) is 0 Å². The third kappa shape index (κ3) is 5.85. The Labute approximate surface area is 182 Å². The van der Waals surface area contributed by atoms with Crippen LogP contribution in [-0.2, 0) is 16.6 Å². The summed E-state index contributed by atoms with van der Waals surface area (Å²) in [6.07, 6.45) is 1.25. The molecule has 3 rings (SSSR count). The van der Waals surface area contributed by atoms with Gasteiger partial charge in [-0.3, -0.25) is 4.79 Å². The van der Waals surface area contributed by atoms with Crippen LogP contribution in [0, 0.1) is 6.92 Å². The molecule has 0 radical (unpaired) electrons. The molecule has 0 unspecified atom stereocenters. The van der Waals surface area contributed by atoms with Crippen LogP contribution in [0.1, 0.15) is 50.8 Å². The Hall–Kier alpha value is -2.33. The molecule has 1 amide bonds. The first-order valence-corrected chi connectivity index (χ1v) is 11.2. The molecule has 1 aliphatic rings. The van der Waals surface area contributed by atoms with Gasteiger partial charge in [-0.15, -0.1) is 0 Å². The summed E-state index contributed by atoms with van der Waals surface area (Å²) >= 11 is 0. The van der Waals surface area contributed by atoms with Gasteiger partial charge in [0.25, 0.3) is 0 Å². The lowest BCUT2D eigenvalue weighted by Gasteiger charge is -2.35. The van der Waals surface area contributed by atoms with Crippen molar-refractivity contribution in [1.82, 2.24) is 4.90 Å². The molecule has 1 aliphatic heterocycles. The first kappa shape index (κ1) is 22.4. The van der Waals surface area contributed by atoms with Crippen molar-refractivity contribution < 1.29 is 4.79 Å². The molecule has 0 saturated carbocycles. The second kappa shape index (κ2) is 9.65. The topological polar surface area (TPSA) is 35.6 Å². The highest BCUT2D eigenvalue weighted by Gasteiger charge is 2.17. The number of piperazine rings is 1. The zero-order valence-electron chi connectivity index (χ0n) is 19.3. The van der Waals surface area contributed by atoms with E-state index >= 15 is 0 Å². The predicted octanol–water partition coefficient (Wildman–Crippen LogP) is 5.01. The highest BCUT2D eigenvalue weighted by Crippen LogP contribution is 2.25. The molecule has 1 saturated heterocycles. The SMILES string of the molecule is CCN1CCN(c2ccc(NC(=O)CCc3ccc(C(C)(C)C)cc3)c(C)c2)CC1. The number of hydrogen-bond donors (Lipinski definition) is 1. The third-order valence-corrected chi connectivity index (χ3v) is 6.13. The molecular formula is C26H37N3O. The highest BCUT2D eigenvalue weighted by molar-refractivity contribution is 5.91. The molecule has 2 aromatic rings. The molecule has 0 atom stereocenters. The number of carbonyl (C=O) groups excluding carboxylic acids is 1. The van der Waals surface area contributed by atoms with Gasteiger partial charge in [-0.1, -0.05) is 52.0 Å². The molecule has 162 valence electrons. The summed E-state index contributed by atoms with van der Waals surface area (Å²) in [5.41, 5.74) is 5.97. The number of nitrogens with zero attached hydrogens (tertiary/aromatic N) is 2. The lowest BCUT2D eigenvalue weighted by Crippen LogP contribution is -2.46. The van der Waals surface area contributed by atoms with Crippen molar-refractivity contribution in [2.45, 2.75) is 52.9 Å². The molecule has 0 spiro atoms. The Balaban J connectivity index is 1.53. The maximum Gasteiger partial charge on any atom is 0.224 e. The van der Waals surface area contributed by atoms with Gasteiger partial charge < -0.3 is 15.1 Å². The van der Waals surface area contributed by atoms with Gasteiger partial charge in [0.05, 0.1) is 0 Å². The standard InChI is InChI=1S/C26H37N3O/c1-6-28-15-17-29(18-16-28)23-12-13-24(20(2)19-23)27-25(30)14-9-21-7-10-22(11-8-21)26(3,4)5/h7-8,10-13,19H,6,9,14-18H2,1-5H3,(H,27,30). The van der Waals surface area contributed by atoms with Gasteiger partial charge in [-0.2, -0.15) is 0 Å². The van der Waals surface area contributed by atoms with E-state index in [1.807, 2.05) is 6.07 Å². The number of hydrogen-bond acceptors (Lipinski definition) is 3. The minimum absolute atomic E-state index is 0.0716. The summed E-state index contributed by atoms with van der Waals surface area (Å²) in [5, 5.41) is 3.10. The van der Waals surface area contributed by atoms with Gasteiger partial charge in [-0.05, 0) is 60.2 Å². The van der Waals surface area contributed by atoms with Crippen LogP contribution in [0.5, 0.6) is 0 Å². The predicted molar refractivity (Wildman–Crippen MR) is 128 cm³/mol. The fraction of sp³-hybridized carbons (Fsp3) is 0.500. The quantitative estimate of drug-likeness (QED) is 0.731. The maximum atomic E-state index is 12.5. The summed E-state index contributed by atoms with van der Waals surface area (Å²) in [6, 6.07) is 15.0. The minimum Gasteiger partial charge on any atom is -0.369 e. The Morgan fingerprint density at radius 3 is 2.23 bits per heavy atom. The van der Waals surface area contributed by atoms with Crippen molar-refractivity contribution in [2.75, 3.05) is 42.9 Å². The smallest absolute Gasteiger partial charge is 0.224 e. The minimum atomic E-state index is 0.0716. The maximum absolute atomic E-state index is 12.5. The molecule has 0 aromatic heterocycles. The van der Waals surface area contributed by atoms with Gasteiger partial charge in [-0.25, -0.2) is 0 Å². The first-order chi connectivity index (χ1) is 14.3. The molecule has 1 fully saturated rings. The summed E-state index contributed by atoms with van der Waals surface area (Å²) in [4.78, 5) is 17.4. The van der Waals surface area contributed by atoms with Crippen LogP contribution >= 0.6 is 0 Å². The second-order valence-corrected chi connectivity index (χ2v) is 9.42. The molecule has 0 aliphatic carbocycles. The zero-order valence-corrected chi connectivity index (χ0v) is 19.3. The molecule has 1 N–H and O–H groups in total. The van der Waals surface area contributed by atoms with E-state index in [4.69, 9.17) is 0 Å². The number of rotatable bonds is 6. The van der Waals surface area contributed by atoms with E-state index in [-0.39, 0.29) is 11.3 Å². The fourth-order valence-corrected chi connectivity index (χ4v) is 3.95. The van der Waals surface area contributed by atoms with Crippen molar-refractivity contribution in [1.29, 1.82) is 0 Å². The van der Waals surface area contributed by atoms with Gasteiger partial charge in [0.1, 0.15) is 0 Å². The summed E-state index contributed by atoms with van der Waals surface area (Å²) in [7, 11) is 0. The third-order valence-electron chi connectivity index (χ3n) is 6.13. The Morgan fingerprint density at radius 2 is 1.67 bits per heavy atom. The van der Waals surface area contributed by atoms with E-state index in [1.165, 1.54) is 16.8 Å². The Kier molecular flexibility index (Phi) is 7.19. The Morgan fingerprint density at radius 1 is 1.00 bits per heavy atom. The number of aryl methyl sites for hydroxylation is 2. The fourth-order valence-electron chi connectivity index (χ4n) is 3.95. The van der Waals surface area contributed by atoms with E-state index in [9.17, 15) is 4.79 Å². The van der Waals surface area contributed by atoms with Crippen molar-refractivity contribution in [2.24, 2.45) is 0 Å². The molecule has 4 heteroatoms. The van der Waals surface area contributed by atoms with Crippen molar-refractivity contribution in [3.63, 3.8) is 0 Å². The number of benzene rings is 2. The molecule has 0 bridgehead atoms. The largest absolute Gasteiger partial charge is 0.369 e. The molecule has 1 heterocycles. The van der Waals surface area contributed by atoms with Crippen LogP contribution in [0.4, 0.5) is 11.4 Å². The summed E-state index contributed by atoms with van der Waals surface area (Å²) < 4.78 is 0. The summed E-state index contributed by atoms with van der Waals surface area (Å²) in [6.45, 7) is 16.4. The zero-order chi connectivity index (χ0) is 21.7. The number of amides is 1. The second-order valence-electron chi connectivity index (χ2n) is 9.42. The van der Waals surface area contributed by atoms with Gasteiger partial charge in [0, 0.05) is 44.0 Å². The van der Waals surface area contributed by atoms with Crippen LogP contribution in [0.25, 0.3) is 0 Å². The van der Waals surface area contributed by atoms with Crippen LogP contribution in [-0.4, -0.2) is 43.5 Å². The molecular weight excluding hydrogens is 370 g/mol. The molecule has 2 aromatic carbocycles. The van der Waals surface area contributed by atoms with Crippen LogP contribution < -0.4 is 10.2 Å².